The number of amides is 2. The van der Waals surface area contributed by atoms with Crippen LogP contribution in [-0.4, -0.2) is 55.1 Å². The highest BCUT2D eigenvalue weighted by Gasteiger charge is 2.72. The molecule has 152 valence electrons. The van der Waals surface area contributed by atoms with Crippen molar-refractivity contribution < 1.29 is 18.7 Å². The Hall–Kier alpha value is -1.90. The molecule has 3 N–H and O–H groups in total. The topological polar surface area (TPSA) is 82.7 Å². The molecule has 5 rings (SSSR count). The summed E-state index contributed by atoms with van der Waals surface area (Å²) < 4.78 is 18.7. The highest BCUT2D eigenvalue weighted by molar-refractivity contribution is 6.30. The molecule has 2 bridgehead atoms. The molecule has 1 unspecified atom stereocenters. The van der Waals surface area contributed by atoms with Gasteiger partial charge >= 0.3 is 0 Å². The number of hydrogen-bond acceptors (Lipinski definition) is 5. The number of hydrogen-bond donors (Lipinski definition) is 3. The SMILES string of the molecule is CN1NCCC1CNC(=O)C12CC(NC(=O)COc3ccc(Cl)c(F)c3)(C1)C2. The monoisotopic (exact) mass is 410 g/mol. The van der Waals surface area contributed by atoms with Crippen LogP contribution in [0.1, 0.15) is 25.7 Å². The van der Waals surface area contributed by atoms with Gasteiger partial charge in [-0.3, -0.25) is 15.0 Å². The van der Waals surface area contributed by atoms with Gasteiger partial charge in [-0.2, -0.15) is 0 Å². The summed E-state index contributed by atoms with van der Waals surface area (Å²) in [6.45, 7) is 1.36. The van der Waals surface area contributed by atoms with Crippen LogP contribution >= 0.6 is 11.6 Å². The number of nitrogens with one attached hydrogen (secondary N) is 3. The number of carbonyl (C=O) groups excluding carboxylic acids is 2. The number of halogens is 2. The minimum absolute atomic E-state index is 0.00471. The van der Waals surface area contributed by atoms with Crippen molar-refractivity contribution in [1.29, 1.82) is 0 Å². The molecule has 3 saturated carbocycles. The molecule has 9 heteroatoms. The Morgan fingerprint density at radius 1 is 1.39 bits per heavy atom. The zero-order valence-electron chi connectivity index (χ0n) is 15.7. The van der Waals surface area contributed by atoms with E-state index in [0.29, 0.717) is 31.8 Å². The van der Waals surface area contributed by atoms with Crippen molar-refractivity contribution in [3.63, 3.8) is 0 Å². The number of benzene rings is 1. The highest BCUT2D eigenvalue weighted by atomic mass is 35.5. The molecule has 7 nitrogen and oxygen atoms in total. The Labute approximate surface area is 167 Å². The average Bonchev–Trinajstić information content (AvgIpc) is 3.00. The van der Waals surface area contributed by atoms with Crippen molar-refractivity contribution in [3.05, 3.63) is 29.0 Å². The zero-order valence-corrected chi connectivity index (χ0v) is 16.4. The van der Waals surface area contributed by atoms with E-state index in [4.69, 9.17) is 16.3 Å². The molecule has 1 saturated heterocycles. The summed E-state index contributed by atoms with van der Waals surface area (Å²) in [6.07, 6.45) is 2.99. The first-order valence-corrected chi connectivity index (χ1v) is 9.82. The molecule has 28 heavy (non-hydrogen) atoms. The standard InChI is InChI=1S/C19H24ClFN4O3/c1-25-12(4-5-23-25)7-22-17(27)18-9-19(10-18,11-18)24-16(26)8-28-13-2-3-14(20)15(21)6-13/h2-3,6,12,23H,4-5,7-11H2,1H3,(H,22,27)(H,24,26). The fraction of sp³-hybridized carbons (Fsp3) is 0.579. The van der Waals surface area contributed by atoms with Crippen molar-refractivity contribution in [1.82, 2.24) is 21.1 Å². The number of carbonyl (C=O) groups is 2. The van der Waals surface area contributed by atoms with Crippen molar-refractivity contribution in [3.8, 4) is 5.75 Å². The first-order valence-electron chi connectivity index (χ1n) is 9.44. The Balaban J connectivity index is 1.19. The van der Waals surface area contributed by atoms with Crippen molar-refractivity contribution >= 4 is 23.4 Å². The molecule has 0 aromatic heterocycles. The summed E-state index contributed by atoms with van der Waals surface area (Å²) in [7, 11) is 1.98. The van der Waals surface area contributed by atoms with Crippen LogP contribution < -0.4 is 20.8 Å². The van der Waals surface area contributed by atoms with E-state index >= 15 is 0 Å². The van der Waals surface area contributed by atoms with Gasteiger partial charge in [0.1, 0.15) is 11.6 Å². The highest BCUT2D eigenvalue weighted by Crippen LogP contribution is 2.67. The number of rotatable bonds is 7. The number of nitrogens with zero attached hydrogens (tertiary/aromatic N) is 1. The van der Waals surface area contributed by atoms with Gasteiger partial charge in [-0.1, -0.05) is 11.6 Å². The van der Waals surface area contributed by atoms with Gasteiger partial charge in [0.05, 0.1) is 10.4 Å². The fourth-order valence-electron chi connectivity index (χ4n) is 4.58. The van der Waals surface area contributed by atoms with Crippen LogP contribution in [0.3, 0.4) is 0 Å². The van der Waals surface area contributed by atoms with E-state index in [9.17, 15) is 14.0 Å². The molecule has 1 aromatic rings. The fourth-order valence-corrected chi connectivity index (χ4v) is 4.69. The van der Waals surface area contributed by atoms with Crippen LogP contribution in [0.25, 0.3) is 0 Å². The molecular formula is C19H24ClFN4O3. The smallest absolute Gasteiger partial charge is 0.258 e. The molecule has 4 aliphatic rings. The van der Waals surface area contributed by atoms with Crippen molar-refractivity contribution in [2.45, 2.75) is 37.3 Å². The zero-order chi connectivity index (χ0) is 19.9. The molecular weight excluding hydrogens is 387 g/mol. The molecule has 1 aromatic carbocycles. The summed E-state index contributed by atoms with van der Waals surface area (Å²) in [5.74, 6) is -0.539. The third-order valence-electron chi connectivity index (χ3n) is 6.06. The van der Waals surface area contributed by atoms with Gasteiger partial charge in [0.15, 0.2) is 6.61 Å². The first kappa shape index (κ1) is 19.4. The van der Waals surface area contributed by atoms with E-state index in [1.807, 2.05) is 12.1 Å². The van der Waals surface area contributed by atoms with Crippen LogP contribution in [0.4, 0.5) is 4.39 Å². The lowest BCUT2D eigenvalue weighted by atomic mass is 9.39. The van der Waals surface area contributed by atoms with Gasteiger partial charge in [-0.25, -0.2) is 9.40 Å². The van der Waals surface area contributed by atoms with Crippen LogP contribution in [0.15, 0.2) is 18.2 Å². The van der Waals surface area contributed by atoms with Crippen LogP contribution in [0.5, 0.6) is 5.75 Å². The summed E-state index contributed by atoms with van der Waals surface area (Å²) in [5.41, 5.74) is 2.59. The summed E-state index contributed by atoms with van der Waals surface area (Å²) in [4.78, 5) is 24.7. The second-order valence-electron chi connectivity index (χ2n) is 8.18. The molecule has 0 radical (unpaired) electrons. The average molecular weight is 411 g/mol. The predicted octanol–water partition coefficient (Wildman–Crippen LogP) is 1.22. The third-order valence-corrected chi connectivity index (χ3v) is 6.37. The molecule has 3 aliphatic carbocycles. The largest absolute Gasteiger partial charge is 0.484 e. The summed E-state index contributed by atoms with van der Waals surface area (Å²) >= 11 is 5.62. The molecule has 2 amide bonds. The van der Waals surface area contributed by atoms with Gasteiger partial charge in [0.2, 0.25) is 5.91 Å². The van der Waals surface area contributed by atoms with Gasteiger partial charge in [-0.05, 0) is 37.8 Å². The number of likely N-dealkylation sites (N-methyl/N-ethyl adjacent to an activating group) is 1. The Morgan fingerprint density at radius 3 is 2.79 bits per heavy atom. The van der Waals surface area contributed by atoms with E-state index in [-0.39, 0.29) is 40.1 Å². The van der Waals surface area contributed by atoms with E-state index in [0.717, 1.165) is 19.0 Å². The van der Waals surface area contributed by atoms with Crippen LogP contribution in [0, 0.1) is 11.2 Å². The summed E-state index contributed by atoms with van der Waals surface area (Å²) in [5, 5.41) is 8.06. The normalized spacial score (nSPS) is 30.9. The van der Waals surface area contributed by atoms with Gasteiger partial charge < -0.3 is 15.4 Å². The predicted molar refractivity (Wildman–Crippen MR) is 101 cm³/mol. The quantitative estimate of drug-likeness (QED) is 0.629. The Kier molecular flexibility index (Phi) is 4.97. The lowest BCUT2D eigenvalue weighted by Crippen LogP contribution is -2.78. The van der Waals surface area contributed by atoms with Gasteiger partial charge in [0, 0.05) is 37.8 Å². The Bertz CT molecular complexity index is 786. The van der Waals surface area contributed by atoms with E-state index in [1.54, 1.807) is 0 Å². The molecule has 1 heterocycles. The minimum Gasteiger partial charge on any atom is -0.484 e. The number of ether oxygens (including phenoxy) is 1. The van der Waals surface area contributed by atoms with Crippen LogP contribution in [-0.2, 0) is 9.59 Å². The van der Waals surface area contributed by atoms with E-state index in [2.05, 4.69) is 16.1 Å². The minimum atomic E-state index is -0.591. The maximum absolute atomic E-state index is 13.4. The second kappa shape index (κ2) is 7.17. The van der Waals surface area contributed by atoms with Crippen molar-refractivity contribution in [2.24, 2.45) is 5.41 Å². The third kappa shape index (κ3) is 3.56. The van der Waals surface area contributed by atoms with E-state index < -0.39 is 5.82 Å². The maximum atomic E-state index is 13.4. The summed E-state index contributed by atoms with van der Waals surface area (Å²) in [6, 6.07) is 4.36. The lowest BCUT2D eigenvalue weighted by molar-refractivity contribution is -0.184. The molecule has 0 spiro atoms. The Morgan fingerprint density at radius 2 is 2.14 bits per heavy atom. The van der Waals surface area contributed by atoms with Gasteiger partial charge in [-0.15, -0.1) is 0 Å². The number of hydrazine groups is 1. The maximum Gasteiger partial charge on any atom is 0.258 e. The second-order valence-corrected chi connectivity index (χ2v) is 8.58. The van der Waals surface area contributed by atoms with Crippen molar-refractivity contribution in [2.75, 3.05) is 26.7 Å². The molecule has 4 fully saturated rings. The van der Waals surface area contributed by atoms with Crippen LogP contribution in [0.2, 0.25) is 5.02 Å². The van der Waals surface area contributed by atoms with Gasteiger partial charge in [0.25, 0.3) is 5.91 Å². The molecule has 1 atom stereocenters. The lowest BCUT2D eigenvalue weighted by Gasteiger charge is -2.69. The van der Waals surface area contributed by atoms with E-state index in [1.165, 1.54) is 12.1 Å². The molecule has 1 aliphatic heterocycles. The first-order chi connectivity index (χ1) is 13.3.